The van der Waals surface area contributed by atoms with Crippen LogP contribution in [0.3, 0.4) is 0 Å². The van der Waals surface area contributed by atoms with Gasteiger partial charge in [-0.25, -0.2) is 4.39 Å². The van der Waals surface area contributed by atoms with E-state index < -0.39 is 17.5 Å². The normalized spacial score (nSPS) is 13.7. The fourth-order valence-corrected chi connectivity index (χ4v) is 1.97. The highest BCUT2D eigenvalue weighted by Crippen LogP contribution is 2.29. The molecule has 4 nitrogen and oxygen atoms in total. The molecule has 0 fully saturated rings. The van der Waals surface area contributed by atoms with Crippen molar-refractivity contribution in [2.75, 3.05) is 11.4 Å². The molecule has 1 aliphatic heterocycles. The topological polar surface area (TPSA) is 61.2 Å². The lowest BCUT2D eigenvalue weighted by atomic mass is 10.1. The highest BCUT2D eigenvalue weighted by Gasteiger charge is 2.35. The number of fused-ring (bicyclic) bond motifs is 1. The van der Waals surface area contributed by atoms with Crippen molar-refractivity contribution >= 4 is 17.4 Å². The van der Waals surface area contributed by atoms with Crippen molar-refractivity contribution in [2.24, 2.45) is 0 Å². The van der Waals surface area contributed by atoms with Crippen LogP contribution in [-0.2, 0) is 4.79 Å². The van der Waals surface area contributed by atoms with Gasteiger partial charge in [0.05, 0.1) is 17.3 Å². The van der Waals surface area contributed by atoms with Crippen LogP contribution in [0.2, 0.25) is 0 Å². The Bertz CT molecular complexity index is 548. The third-order valence-electron chi connectivity index (χ3n) is 2.85. The monoisotopic (exact) mass is 246 g/mol. The molecule has 5 heteroatoms. The highest BCUT2D eigenvalue weighted by atomic mass is 19.1. The van der Waals surface area contributed by atoms with E-state index in [0.717, 1.165) is 6.07 Å². The molecule has 0 N–H and O–H groups in total. The van der Waals surface area contributed by atoms with Crippen molar-refractivity contribution in [3.05, 3.63) is 29.6 Å². The van der Waals surface area contributed by atoms with E-state index in [4.69, 9.17) is 5.26 Å². The van der Waals surface area contributed by atoms with Crippen molar-refractivity contribution in [3.63, 3.8) is 0 Å². The number of amides is 1. The smallest absolute Gasteiger partial charge is 0.299 e. The van der Waals surface area contributed by atoms with E-state index in [1.807, 2.05) is 6.07 Å². The first kappa shape index (κ1) is 12.2. The van der Waals surface area contributed by atoms with Crippen molar-refractivity contribution in [2.45, 2.75) is 19.3 Å². The Morgan fingerprint density at radius 3 is 2.78 bits per heavy atom. The number of hydrogen-bond donors (Lipinski definition) is 0. The van der Waals surface area contributed by atoms with E-state index in [2.05, 4.69) is 0 Å². The van der Waals surface area contributed by atoms with E-state index in [0.29, 0.717) is 31.5 Å². The molecule has 0 atom stereocenters. The fraction of sp³-hybridized carbons (Fsp3) is 0.308. The number of benzene rings is 1. The minimum atomic E-state index is -0.662. The van der Waals surface area contributed by atoms with Crippen molar-refractivity contribution < 1.29 is 14.0 Å². The molecule has 0 bridgehead atoms. The number of anilines is 1. The average Bonchev–Trinajstić information content (AvgIpc) is 2.59. The summed E-state index contributed by atoms with van der Waals surface area (Å²) in [5, 5.41) is 8.41. The SMILES string of the molecule is N#CCCCCN1C(=O)C(=O)c2cc(F)ccc21. The molecule has 18 heavy (non-hydrogen) atoms. The molecule has 0 aliphatic carbocycles. The maximum atomic E-state index is 13.0. The van der Waals surface area contributed by atoms with E-state index >= 15 is 0 Å². The average molecular weight is 246 g/mol. The molecule has 1 heterocycles. The summed E-state index contributed by atoms with van der Waals surface area (Å²) >= 11 is 0. The number of nitriles is 1. The van der Waals surface area contributed by atoms with Gasteiger partial charge in [0.25, 0.3) is 11.7 Å². The Kier molecular flexibility index (Phi) is 3.38. The first-order valence-corrected chi connectivity index (χ1v) is 5.68. The molecule has 0 saturated carbocycles. The Balaban J connectivity index is 2.16. The Labute approximate surface area is 104 Å². The van der Waals surface area contributed by atoms with Crippen LogP contribution in [0.5, 0.6) is 0 Å². The van der Waals surface area contributed by atoms with Crippen LogP contribution >= 0.6 is 0 Å². The molecule has 0 spiro atoms. The molecule has 0 aromatic heterocycles. The fourth-order valence-electron chi connectivity index (χ4n) is 1.97. The van der Waals surface area contributed by atoms with Crippen molar-refractivity contribution in [1.82, 2.24) is 0 Å². The van der Waals surface area contributed by atoms with Crippen LogP contribution in [-0.4, -0.2) is 18.2 Å². The largest absolute Gasteiger partial charge is 0.305 e. The van der Waals surface area contributed by atoms with Crippen LogP contribution in [0, 0.1) is 17.1 Å². The number of carbonyl (C=O) groups is 2. The van der Waals surface area contributed by atoms with Gasteiger partial charge in [-0.1, -0.05) is 0 Å². The first-order chi connectivity index (χ1) is 8.65. The van der Waals surface area contributed by atoms with Gasteiger partial charge < -0.3 is 4.90 Å². The number of halogens is 1. The molecular weight excluding hydrogens is 235 g/mol. The van der Waals surface area contributed by atoms with Crippen LogP contribution in [0.4, 0.5) is 10.1 Å². The molecule has 2 rings (SSSR count). The van der Waals surface area contributed by atoms with Gasteiger partial charge in [0.1, 0.15) is 5.82 Å². The standard InChI is InChI=1S/C13H11FN2O2/c14-9-4-5-11-10(8-9)12(17)13(18)16(11)7-3-1-2-6-15/h4-5,8H,1-3,7H2. The molecule has 92 valence electrons. The minimum Gasteiger partial charge on any atom is -0.305 e. The summed E-state index contributed by atoms with van der Waals surface area (Å²) in [7, 11) is 0. The summed E-state index contributed by atoms with van der Waals surface area (Å²) in [6.45, 7) is 0.380. The Morgan fingerprint density at radius 1 is 1.28 bits per heavy atom. The van der Waals surface area contributed by atoms with Gasteiger partial charge in [0.2, 0.25) is 0 Å². The molecule has 1 aromatic carbocycles. The Hall–Kier alpha value is -2.22. The highest BCUT2D eigenvalue weighted by molar-refractivity contribution is 6.52. The molecule has 0 unspecified atom stereocenters. The summed E-state index contributed by atoms with van der Waals surface area (Å²) in [4.78, 5) is 24.7. The van der Waals surface area contributed by atoms with E-state index in [1.54, 1.807) is 0 Å². The number of Topliss-reactive ketones (excluding diaryl/α,β-unsaturated/α-hetero) is 1. The lowest BCUT2D eigenvalue weighted by molar-refractivity contribution is -0.114. The van der Waals surface area contributed by atoms with Gasteiger partial charge in [0, 0.05) is 13.0 Å². The zero-order chi connectivity index (χ0) is 13.1. The van der Waals surface area contributed by atoms with Crippen molar-refractivity contribution in [3.8, 4) is 6.07 Å². The van der Waals surface area contributed by atoms with Gasteiger partial charge in [-0.15, -0.1) is 0 Å². The number of nitrogens with zero attached hydrogens (tertiary/aromatic N) is 2. The third kappa shape index (κ3) is 2.09. The Morgan fingerprint density at radius 2 is 2.06 bits per heavy atom. The third-order valence-corrected chi connectivity index (χ3v) is 2.85. The summed E-state index contributed by atoms with van der Waals surface area (Å²) in [6.07, 6.45) is 1.74. The minimum absolute atomic E-state index is 0.125. The number of ketones is 1. The van der Waals surface area contributed by atoms with Gasteiger partial charge in [-0.3, -0.25) is 9.59 Å². The quantitative estimate of drug-likeness (QED) is 0.603. The lowest BCUT2D eigenvalue weighted by Gasteiger charge is -2.15. The van der Waals surface area contributed by atoms with Gasteiger partial charge >= 0.3 is 0 Å². The zero-order valence-corrected chi connectivity index (χ0v) is 9.65. The second-order valence-electron chi connectivity index (χ2n) is 4.06. The summed E-state index contributed by atoms with van der Waals surface area (Å²) in [5.74, 6) is -1.81. The van der Waals surface area contributed by atoms with Gasteiger partial charge in [-0.05, 0) is 31.0 Å². The van der Waals surface area contributed by atoms with Crippen LogP contribution < -0.4 is 4.90 Å². The number of unbranched alkanes of at least 4 members (excludes halogenated alkanes) is 2. The molecule has 1 aromatic rings. The van der Waals surface area contributed by atoms with Crippen LogP contribution in [0.15, 0.2) is 18.2 Å². The molecule has 1 aliphatic rings. The maximum absolute atomic E-state index is 13.0. The van der Waals surface area contributed by atoms with Gasteiger partial charge in [-0.2, -0.15) is 5.26 Å². The summed E-state index contributed by atoms with van der Waals surface area (Å²) in [5.41, 5.74) is 0.587. The van der Waals surface area contributed by atoms with Gasteiger partial charge in [0.15, 0.2) is 0 Å². The molecule has 0 radical (unpaired) electrons. The predicted molar refractivity (Wildman–Crippen MR) is 62.5 cm³/mol. The van der Waals surface area contributed by atoms with E-state index in [1.165, 1.54) is 17.0 Å². The second kappa shape index (κ2) is 4.96. The maximum Gasteiger partial charge on any atom is 0.299 e. The van der Waals surface area contributed by atoms with E-state index in [-0.39, 0.29) is 5.56 Å². The number of rotatable bonds is 4. The second-order valence-corrected chi connectivity index (χ2v) is 4.06. The van der Waals surface area contributed by atoms with Crippen molar-refractivity contribution in [1.29, 1.82) is 5.26 Å². The van der Waals surface area contributed by atoms with E-state index in [9.17, 15) is 14.0 Å². The molecule has 0 saturated heterocycles. The first-order valence-electron chi connectivity index (χ1n) is 5.68. The lowest BCUT2D eigenvalue weighted by Crippen LogP contribution is -2.30. The summed E-state index contributed by atoms with van der Waals surface area (Å²) < 4.78 is 13.0. The number of carbonyl (C=O) groups excluding carboxylic acids is 2. The van der Waals surface area contributed by atoms with Crippen LogP contribution in [0.1, 0.15) is 29.6 Å². The number of hydrogen-bond acceptors (Lipinski definition) is 3. The molecular formula is C13H11FN2O2. The predicted octanol–water partition coefficient (Wildman–Crippen LogP) is 2.05. The zero-order valence-electron chi connectivity index (χ0n) is 9.65. The molecule has 1 amide bonds. The van der Waals surface area contributed by atoms with Crippen LogP contribution in [0.25, 0.3) is 0 Å². The summed E-state index contributed by atoms with van der Waals surface area (Å²) in [6, 6.07) is 5.78.